The first-order valence-electron chi connectivity index (χ1n) is 47.8. The van der Waals surface area contributed by atoms with Crippen LogP contribution in [0.15, 0.2) is 467 Å². The molecule has 6 nitrogen and oxygen atoms in total. The lowest BCUT2D eigenvalue weighted by Gasteiger charge is -2.36. The highest BCUT2D eigenvalue weighted by Gasteiger charge is 2.48. The van der Waals surface area contributed by atoms with E-state index in [4.69, 9.17) is 28.4 Å². The zero-order chi connectivity index (χ0) is 92.7. The first kappa shape index (κ1) is 83.4. The second-order valence-electron chi connectivity index (χ2n) is 36.7. The van der Waals surface area contributed by atoms with Crippen LogP contribution in [-0.2, 0) is 0 Å². The molecule has 0 spiro atoms. The Kier molecular flexibility index (Phi) is 21.1. The predicted octanol–water partition coefficient (Wildman–Crippen LogP) is 28.5. The van der Waals surface area contributed by atoms with E-state index < -0.39 is 0 Å². The van der Waals surface area contributed by atoms with Crippen molar-refractivity contribution >= 4 is 69.3 Å². The Labute approximate surface area is 811 Å². The zero-order valence-corrected chi connectivity index (χ0v) is 77.1. The van der Waals surface area contributed by atoms with Gasteiger partial charge in [-0.1, -0.05) is 413 Å². The van der Waals surface area contributed by atoms with Crippen molar-refractivity contribution < 1.29 is 28.4 Å². The average molecular weight is 1780 g/mol. The molecule has 654 valence electrons. The lowest BCUT2D eigenvalue weighted by molar-refractivity contribution is 0.466. The molecule has 6 aliphatic heterocycles. The van der Waals surface area contributed by atoms with Crippen LogP contribution in [0.4, 0.5) is 0 Å². The van der Waals surface area contributed by atoms with Gasteiger partial charge >= 0.3 is 0 Å². The minimum Gasteiger partial charge on any atom is -0.458 e. The monoisotopic (exact) mass is 1780 g/mol. The van der Waals surface area contributed by atoms with E-state index in [1.165, 1.54) is 89.0 Å². The molecule has 0 fully saturated rings. The van der Waals surface area contributed by atoms with E-state index in [0.29, 0.717) is 0 Å². The van der Waals surface area contributed by atoms with E-state index in [1.54, 1.807) is 0 Å². The highest BCUT2D eigenvalue weighted by atomic mass is 16.5. The normalized spacial score (nSPS) is 12.3. The Balaban J connectivity index is 0.000000110. The smallest absolute Gasteiger partial charge is 0.260 e. The molecule has 0 atom stereocenters. The fraction of sp³-hybridized carbons (Fsp3) is 0.0308. The average Bonchev–Trinajstić information content (AvgIpc) is 0.713. The number of rotatable bonds is 12. The number of hydrogen-bond donors (Lipinski definition) is 0. The quantitative estimate of drug-likeness (QED) is 0.114. The van der Waals surface area contributed by atoms with Crippen molar-refractivity contribution in [3.63, 3.8) is 0 Å². The molecule has 139 heavy (non-hydrogen) atoms. The molecular formula is C130H89B3O6. The summed E-state index contributed by atoms with van der Waals surface area (Å²) in [7, 11) is 0. The summed E-state index contributed by atoms with van der Waals surface area (Å²) in [6.45, 7) is 8.43. The topological polar surface area (TPSA) is 55.4 Å². The maximum atomic E-state index is 7.00. The van der Waals surface area contributed by atoms with Gasteiger partial charge in [-0.05, 0) is 237 Å². The number of benzene rings is 21. The molecule has 0 bridgehead atoms. The van der Waals surface area contributed by atoms with Gasteiger partial charge in [-0.25, -0.2) is 0 Å². The Morgan fingerprint density at radius 3 is 0.525 bits per heavy atom. The van der Waals surface area contributed by atoms with Gasteiger partial charge in [0.25, 0.3) is 20.1 Å². The van der Waals surface area contributed by atoms with Crippen LogP contribution in [0.2, 0.25) is 0 Å². The van der Waals surface area contributed by atoms with Gasteiger partial charge in [-0.3, -0.25) is 0 Å². The molecule has 0 unspecified atom stereocenters. The highest BCUT2D eigenvalue weighted by Crippen LogP contribution is 2.52. The third-order valence-corrected chi connectivity index (χ3v) is 28.4. The van der Waals surface area contributed by atoms with Gasteiger partial charge in [0, 0.05) is 49.8 Å². The zero-order valence-electron chi connectivity index (χ0n) is 77.1. The molecule has 6 aliphatic rings. The molecule has 0 N–H and O–H groups in total. The summed E-state index contributed by atoms with van der Waals surface area (Å²) in [6, 6.07) is 166. The van der Waals surface area contributed by atoms with Gasteiger partial charge in [-0.15, -0.1) is 0 Å². The van der Waals surface area contributed by atoms with Crippen LogP contribution < -0.4 is 77.6 Å². The minimum atomic E-state index is -0.0911. The summed E-state index contributed by atoms with van der Waals surface area (Å²) in [5, 5.41) is 0. The Morgan fingerprint density at radius 2 is 0.302 bits per heavy atom. The van der Waals surface area contributed by atoms with E-state index >= 15 is 0 Å². The standard InChI is InChI=1S/C44H31BO2.2C43H29BO2/c1-28-13-9-11-19-34(28)32-21-23-40-38(25-32)45-39-26-33(35-20-12-10-14-29(35)2)22-24-41(39)47-44-37(31-17-7-4-8-18-31)27-36(43(46-40)42(44)45)30-15-5-3-6-16-30;1-28-13-11-12-20-34(28)33-22-24-40-38(26-33)44-37-25-32(29-14-5-2-6-15-29)21-23-39(37)45-42-35(30-16-7-3-8-17-30)27-36(43(46-40)41(42)44)31-18-9-4-10-19-31;1-28-13-11-12-20-34(28)36-27-35(31-18-9-4-10-19-31)42-41-43(36)46-40-24-22-33(30-16-7-3-8-17-30)26-38(40)44(41)37-25-32(21-23-39(37)45-42)29-14-5-2-6-15-29/h3-27H,1-2H3;2*2-27H,1H3. The summed E-state index contributed by atoms with van der Waals surface area (Å²) in [6.07, 6.45) is 0. The number of fused-ring (bicyclic) bond motifs is 12. The molecule has 0 saturated heterocycles. The van der Waals surface area contributed by atoms with Crippen molar-refractivity contribution in [2.75, 3.05) is 0 Å². The summed E-state index contributed by atoms with van der Waals surface area (Å²) >= 11 is 0. The first-order chi connectivity index (χ1) is 68.6. The molecule has 27 rings (SSSR count). The van der Waals surface area contributed by atoms with Gasteiger partial charge < -0.3 is 28.4 Å². The van der Waals surface area contributed by atoms with Crippen LogP contribution in [0.5, 0.6) is 69.0 Å². The fourth-order valence-electron chi connectivity index (χ4n) is 21.6. The summed E-state index contributed by atoms with van der Waals surface area (Å²) < 4.78 is 41.9. The van der Waals surface area contributed by atoms with Crippen molar-refractivity contribution in [1.29, 1.82) is 0 Å². The molecule has 6 heterocycles. The maximum absolute atomic E-state index is 7.00. The van der Waals surface area contributed by atoms with E-state index in [1.807, 2.05) is 0 Å². The molecule has 0 radical (unpaired) electrons. The maximum Gasteiger partial charge on any atom is 0.260 e. The van der Waals surface area contributed by atoms with Crippen LogP contribution in [0.1, 0.15) is 22.3 Å². The van der Waals surface area contributed by atoms with E-state index in [-0.39, 0.29) is 20.1 Å². The van der Waals surface area contributed by atoms with Crippen LogP contribution in [0, 0.1) is 27.7 Å². The molecule has 0 saturated carbocycles. The van der Waals surface area contributed by atoms with Crippen molar-refractivity contribution in [3.8, 4) is 203 Å². The van der Waals surface area contributed by atoms with Crippen molar-refractivity contribution in [1.82, 2.24) is 0 Å². The highest BCUT2D eigenvalue weighted by molar-refractivity contribution is 7.00. The van der Waals surface area contributed by atoms with Gasteiger partial charge in [0.1, 0.15) is 69.0 Å². The molecule has 21 aromatic carbocycles. The number of ether oxygens (including phenoxy) is 6. The van der Waals surface area contributed by atoms with Crippen LogP contribution in [0.25, 0.3) is 134 Å². The van der Waals surface area contributed by atoms with E-state index in [0.717, 1.165) is 185 Å². The largest absolute Gasteiger partial charge is 0.458 e. The fourth-order valence-corrected chi connectivity index (χ4v) is 21.6. The van der Waals surface area contributed by atoms with E-state index in [9.17, 15) is 0 Å². The molecule has 21 aromatic rings. The lowest BCUT2D eigenvalue weighted by Crippen LogP contribution is -2.57. The SMILES string of the molecule is Cc1ccccc1-c1cc(-c2ccccc2)c2c3c1Oc1ccc(-c4ccccc4)cc1B3c1cc(-c3ccccc3)ccc1O2.Cc1ccccc1-c1ccc2c(c1)B1c3cc(-c4ccccc4)ccc3Oc3c(-c4ccccc4)cc(-c4ccccc4)c(c31)O2.Cc1ccccc1-c1ccc2c(c1)B1c3cc(-c4ccccc4C)ccc3Oc3c(-c4ccccc4)cc(-c4ccccc4)c(c31)O2. The second-order valence-corrected chi connectivity index (χ2v) is 36.7. The summed E-state index contributed by atoms with van der Waals surface area (Å²) in [5.41, 5.74) is 42.4. The summed E-state index contributed by atoms with van der Waals surface area (Å²) in [5.74, 6) is 10.4. The van der Waals surface area contributed by atoms with Crippen LogP contribution in [-0.4, -0.2) is 20.1 Å². The molecule has 0 amide bonds. The number of aryl methyl sites for hydroxylation is 4. The van der Waals surface area contributed by atoms with Crippen molar-refractivity contribution in [2.24, 2.45) is 0 Å². The van der Waals surface area contributed by atoms with Gasteiger partial charge in [0.2, 0.25) is 0 Å². The minimum absolute atomic E-state index is 0.0868. The van der Waals surface area contributed by atoms with Gasteiger partial charge in [0.05, 0.1) is 0 Å². The lowest BCUT2D eigenvalue weighted by atomic mass is 9.34. The van der Waals surface area contributed by atoms with Gasteiger partial charge in [0.15, 0.2) is 0 Å². The molecular weight excluding hydrogens is 1690 g/mol. The Bertz CT molecular complexity index is 8040. The van der Waals surface area contributed by atoms with Gasteiger partial charge in [-0.2, -0.15) is 0 Å². The van der Waals surface area contributed by atoms with Crippen molar-refractivity contribution in [2.45, 2.75) is 27.7 Å². The van der Waals surface area contributed by atoms with Crippen LogP contribution in [0.3, 0.4) is 0 Å². The predicted molar refractivity (Wildman–Crippen MR) is 577 cm³/mol. The third kappa shape index (κ3) is 15.0. The number of hydrogen-bond acceptors (Lipinski definition) is 6. The van der Waals surface area contributed by atoms with E-state index in [2.05, 4.69) is 495 Å². The first-order valence-corrected chi connectivity index (χ1v) is 47.8. The second kappa shape index (κ2) is 35.1. The molecule has 0 aliphatic carbocycles. The Morgan fingerprint density at radius 1 is 0.129 bits per heavy atom. The molecule has 0 aromatic heterocycles. The molecule has 9 heteroatoms. The van der Waals surface area contributed by atoms with Crippen molar-refractivity contribution in [3.05, 3.63) is 489 Å². The Hall–Kier alpha value is -17.4. The van der Waals surface area contributed by atoms with Crippen LogP contribution >= 0.6 is 0 Å². The third-order valence-electron chi connectivity index (χ3n) is 28.4. The summed E-state index contributed by atoms with van der Waals surface area (Å²) in [4.78, 5) is 0.